The highest BCUT2D eigenvalue weighted by atomic mass is 16.3. The van der Waals surface area contributed by atoms with E-state index in [2.05, 4.69) is 28.1 Å². The normalized spacial score (nSPS) is 20.1. The quantitative estimate of drug-likeness (QED) is 0.826. The molecule has 2 aromatic heterocycles. The molecule has 0 saturated carbocycles. The molecule has 0 unspecified atom stereocenters. The standard InChI is InChI=1S/C17H22N2O/c1-3-11-18-16(9-1)17-10-2-4-12-19(17)13-5-7-15-8-6-14-20-15/h1,3,6,8-9,11,14,17H,2,4-5,7,10,12-13H2/t17-/m1/s1. The number of nitrogens with zero attached hydrogens (tertiary/aromatic N) is 2. The molecule has 0 amide bonds. The Morgan fingerprint density at radius 1 is 1.20 bits per heavy atom. The Morgan fingerprint density at radius 2 is 2.20 bits per heavy atom. The maximum absolute atomic E-state index is 5.40. The summed E-state index contributed by atoms with van der Waals surface area (Å²) in [6, 6.07) is 10.8. The Morgan fingerprint density at radius 3 is 3.00 bits per heavy atom. The van der Waals surface area contributed by atoms with Gasteiger partial charge in [-0.15, -0.1) is 0 Å². The maximum atomic E-state index is 5.40. The molecule has 2 aromatic rings. The van der Waals surface area contributed by atoms with Gasteiger partial charge in [-0.2, -0.15) is 0 Å². The largest absolute Gasteiger partial charge is 0.469 e. The van der Waals surface area contributed by atoms with Gasteiger partial charge in [-0.25, -0.2) is 0 Å². The van der Waals surface area contributed by atoms with E-state index in [0.29, 0.717) is 6.04 Å². The van der Waals surface area contributed by atoms with E-state index in [9.17, 15) is 0 Å². The summed E-state index contributed by atoms with van der Waals surface area (Å²) in [5, 5.41) is 0. The van der Waals surface area contributed by atoms with E-state index < -0.39 is 0 Å². The van der Waals surface area contributed by atoms with Crippen molar-refractivity contribution in [2.75, 3.05) is 13.1 Å². The molecule has 1 aliphatic heterocycles. The summed E-state index contributed by atoms with van der Waals surface area (Å²) in [6.07, 6.45) is 9.70. The van der Waals surface area contributed by atoms with Gasteiger partial charge in [0.15, 0.2) is 0 Å². The number of piperidine rings is 1. The Kier molecular flexibility index (Phi) is 4.49. The van der Waals surface area contributed by atoms with Gasteiger partial charge in [-0.3, -0.25) is 9.88 Å². The molecular formula is C17H22N2O. The van der Waals surface area contributed by atoms with Crippen LogP contribution in [0, 0.1) is 0 Å². The van der Waals surface area contributed by atoms with Crippen molar-refractivity contribution in [1.29, 1.82) is 0 Å². The van der Waals surface area contributed by atoms with Crippen molar-refractivity contribution < 1.29 is 4.42 Å². The van der Waals surface area contributed by atoms with Crippen LogP contribution in [0.1, 0.15) is 43.2 Å². The molecule has 0 spiro atoms. The predicted octanol–water partition coefficient (Wildman–Crippen LogP) is 3.83. The fourth-order valence-corrected chi connectivity index (χ4v) is 3.08. The molecule has 0 aromatic carbocycles. The van der Waals surface area contributed by atoms with Crippen molar-refractivity contribution in [2.45, 2.75) is 38.1 Å². The molecule has 1 fully saturated rings. The summed E-state index contributed by atoms with van der Waals surface area (Å²) >= 11 is 0. The van der Waals surface area contributed by atoms with Gasteiger partial charge in [0.2, 0.25) is 0 Å². The van der Waals surface area contributed by atoms with E-state index >= 15 is 0 Å². The summed E-state index contributed by atoms with van der Waals surface area (Å²) in [5.41, 5.74) is 1.23. The summed E-state index contributed by atoms with van der Waals surface area (Å²) < 4.78 is 5.40. The molecular weight excluding hydrogens is 248 g/mol. The fraction of sp³-hybridized carbons (Fsp3) is 0.471. The van der Waals surface area contributed by atoms with Crippen molar-refractivity contribution in [3.8, 4) is 0 Å². The summed E-state index contributed by atoms with van der Waals surface area (Å²) in [5.74, 6) is 1.09. The van der Waals surface area contributed by atoms with Gasteiger partial charge < -0.3 is 4.42 Å². The molecule has 0 aliphatic carbocycles. The highest BCUT2D eigenvalue weighted by molar-refractivity contribution is 5.09. The van der Waals surface area contributed by atoms with Crippen molar-refractivity contribution in [3.63, 3.8) is 0 Å². The van der Waals surface area contributed by atoms with Crippen LogP contribution >= 0.6 is 0 Å². The Bertz CT molecular complexity index is 495. The van der Waals surface area contributed by atoms with Crippen LogP contribution in [0.15, 0.2) is 47.2 Å². The molecule has 3 rings (SSSR count). The van der Waals surface area contributed by atoms with E-state index in [-0.39, 0.29) is 0 Å². The Hall–Kier alpha value is -1.61. The molecule has 0 bridgehead atoms. The SMILES string of the molecule is c1ccc([C@H]2CCCCN2CCCc2ccco2)nc1. The van der Waals surface area contributed by atoms with Gasteiger partial charge in [0.25, 0.3) is 0 Å². The first kappa shape index (κ1) is 13.4. The van der Waals surface area contributed by atoms with Crippen LogP contribution in [-0.2, 0) is 6.42 Å². The third-order valence-corrected chi connectivity index (χ3v) is 4.09. The molecule has 1 atom stereocenters. The zero-order valence-electron chi connectivity index (χ0n) is 11.9. The first-order valence-corrected chi connectivity index (χ1v) is 7.61. The third kappa shape index (κ3) is 3.28. The van der Waals surface area contributed by atoms with Crippen LogP contribution in [-0.4, -0.2) is 23.0 Å². The summed E-state index contributed by atoms with van der Waals surface area (Å²) in [7, 11) is 0. The van der Waals surface area contributed by atoms with Crippen molar-refractivity contribution in [2.24, 2.45) is 0 Å². The van der Waals surface area contributed by atoms with Gasteiger partial charge in [0.1, 0.15) is 5.76 Å². The van der Waals surface area contributed by atoms with Gasteiger partial charge in [-0.05, 0) is 56.6 Å². The van der Waals surface area contributed by atoms with Crippen molar-refractivity contribution >= 4 is 0 Å². The van der Waals surface area contributed by atoms with Crippen LogP contribution in [0.25, 0.3) is 0 Å². The van der Waals surface area contributed by atoms with Gasteiger partial charge in [0.05, 0.1) is 18.0 Å². The van der Waals surface area contributed by atoms with E-state index in [1.807, 2.05) is 18.3 Å². The zero-order chi connectivity index (χ0) is 13.6. The number of rotatable bonds is 5. The maximum Gasteiger partial charge on any atom is 0.103 e. The molecule has 0 radical (unpaired) electrons. The number of hydrogen-bond donors (Lipinski definition) is 0. The van der Waals surface area contributed by atoms with Crippen LogP contribution in [0.2, 0.25) is 0 Å². The number of aryl methyl sites for hydroxylation is 1. The number of aromatic nitrogens is 1. The molecule has 1 aliphatic rings. The van der Waals surface area contributed by atoms with E-state index in [0.717, 1.165) is 25.1 Å². The van der Waals surface area contributed by atoms with E-state index in [1.165, 1.54) is 31.5 Å². The molecule has 3 nitrogen and oxygen atoms in total. The average Bonchev–Trinajstić information content (AvgIpc) is 3.02. The predicted molar refractivity (Wildman–Crippen MR) is 79.4 cm³/mol. The lowest BCUT2D eigenvalue weighted by Gasteiger charge is -2.35. The molecule has 3 heterocycles. The minimum absolute atomic E-state index is 0.501. The zero-order valence-corrected chi connectivity index (χ0v) is 11.9. The monoisotopic (exact) mass is 270 g/mol. The smallest absolute Gasteiger partial charge is 0.103 e. The molecule has 3 heteroatoms. The first-order chi connectivity index (χ1) is 9.93. The average molecular weight is 270 g/mol. The summed E-state index contributed by atoms with van der Waals surface area (Å²) in [4.78, 5) is 7.14. The highest BCUT2D eigenvalue weighted by Gasteiger charge is 2.24. The number of hydrogen-bond acceptors (Lipinski definition) is 3. The van der Waals surface area contributed by atoms with Gasteiger partial charge in [-0.1, -0.05) is 12.5 Å². The number of pyridine rings is 1. The molecule has 0 N–H and O–H groups in total. The molecule has 1 saturated heterocycles. The Balaban J connectivity index is 1.58. The van der Waals surface area contributed by atoms with Crippen LogP contribution in [0.5, 0.6) is 0 Å². The summed E-state index contributed by atoms with van der Waals surface area (Å²) in [6.45, 7) is 2.32. The van der Waals surface area contributed by atoms with E-state index in [1.54, 1.807) is 6.26 Å². The van der Waals surface area contributed by atoms with E-state index in [4.69, 9.17) is 4.42 Å². The van der Waals surface area contributed by atoms with Crippen LogP contribution in [0.4, 0.5) is 0 Å². The second-order valence-electron chi connectivity index (χ2n) is 5.49. The highest BCUT2D eigenvalue weighted by Crippen LogP contribution is 2.29. The Labute approximate surface area is 120 Å². The lowest BCUT2D eigenvalue weighted by molar-refractivity contribution is 0.143. The lowest BCUT2D eigenvalue weighted by atomic mass is 9.98. The topological polar surface area (TPSA) is 29.3 Å². The minimum Gasteiger partial charge on any atom is -0.469 e. The third-order valence-electron chi connectivity index (χ3n) is 4.09. The first-order valence-electron chi connectivity index (χ1n) is 7.61. The second-order valence-corrected chi connectivity index (χ2v) is 5.49. The van der Waals surface area contributed by atoms with Crippen LogP contribution in [0.3, 0.4) is 0 Å². The van der Waals surface area contributed by atoms with Crippen molar-refractivity contribution in [3.05, 3.63) is 54.2 Å². The molecule has 20 heavy (non-hydrogen) atoms. The van der Waals surface area contributed by atoms with Gasteiger partial charge in [0, 0.05) is 12.6 Å². The van der Waals surface area contributed by atoms with Crippen molar-refractivity contribution in [1.82, 2.24) is 9.88 Å². The number of likely N-dealkylation sites (tertiary alicyclic amines) is 1. The lowest BCUT2D eigenvalue weighted by Crippen LogP contribution is -2.34. The molecule has 106 valence electrons. The number of furan rings is 1. The fourth-order valence-electron chi connectivity index (χ4n) is 3.08. The van der Waals surface area contributed by atoms with Crippen LogP contribution < -0.4 is 0 Å². The van der Waals surface area contributed by atoms with Gasteiger partial charge >= 0.3 is 0 Å². The second kappa shape index (κ2) is 6.71. The minimum atomic E-state index is 0.501.